The van der Waals surface area contributed by atoms with Crippen LogP contribution in [0.1, 0.15) is 200 Å². The molecule has 3 aromatic heterocycles. The molecule has 0 fully saturated rings. The van der Waals surface area contributed by atoms with Crippen molar-refractivity contribution in [2.45, 2.75) is 205 Å². The van der Waals surface area contributed by atoms with Gasteiger partial charge in [-0.15, -0.1) is 0 Å². The van der Waals surface area contributed by atoms with Crippen molar-refractivity contribution in [2.75, 3.05) is 0 Å². The van der Waals surface area contributed by atoms with E-state index in [0.717, 1.165) is 29.7 Å². The van der Waals surface area contributed by atoms with Gasteiger partial charge in [0.2, 0.25) is 17.1 Å². The summed E-state index contributed by atoms with van der Waals surface area (Å²) in [5, 5.41) is 0. The topological polar surface area (TPSA) is 11.6 Å². The van der Waals surface area contributed by atoms with Crippen molar-refractivity contribution in [3.8, 4) is 33.8 Å². The van der Waals surface area contributed by atoms with Crippen LogP contribution in [0.2, 0.25) is 0 Å². The zero-order chi connectivity index (χ0) is 55.0. The van der Waals surface area contributed by atoms with Crippen LogP contribution in [-0.4, -0.2) is 0 Å². The Morgan fingerprint density at radius 2 is 0.686 bits per heavy atom. The van der Waals surface area contributed by atoms with E-state index in [0.29, 0.717) is 5.56 Å². The second-order valence-corrected chi connectivity index (χ2v) is 22.1. The average Bonchev–Trinajstić information content (AvgIpc) is 3.37. The lowest BCUT2D eigenvalue weighted by atomic mass is 9.68. The molecule has 3 aromatic carbocycles. The highest BCUT2D eigenvalue weighted by atomic mass is 14.9. The molecule has 3 nitrogen and oxygen atoms in total. The van der Waals surface area contributed by atoms with Gasteiger partial charge in [-0.3, -0.25) is 0 Å². The predicted molar refractivity (Wildman–Crippen MR) is 304 cm³/mol. The van der Waals surface area contributed by atoms with Crippen molar-refractivity contribution in [1.82, 2.24) is 0 Å². The van der Waals surface area contributed by atoms with E-state index in [1.165, 1.54) is 106 Å². The lowest BCUT2D eigenvalue weighted by molar-refractivity contribution is -0.661. The van der Waals surface area contributed by atoms with Gasteiger partial charge in [-0.25, -0.2) is 13.7 Å². The molecule has 3 heteroatoms. The van der Waals surface area contributed by atoms with Gasteiger partial charge in [-0.2, -0.15) is 0 Å². The minimum Gasteiger partial charge on any atom is -0.201 e. The van der Waals surface area contributed by atoms with Crippen molar-refractivity contribution in [1.29, 1.82) is 0 Å². The molecular weight excluding hydrogens is 847 g/mol. The second kappa shape index (κ2) is 24.0. The molecule has 0 aliphatic heterocycles. The summed E-state index contributed by atoms with van der Waals surface area (Å²) >= 11 is 0. The van der Waals surface area contributed by atoms with Gasteiger partial charge in [-0.05, 0) is 173 Å². The fourth-order valence-electron chi connectivity index (χ4n) is 10.6. The van der Waals surface area contributed by atoms with Crippen LogP contribution in [0.15, 0.2) is 97.5 Å². The van der Waals surface area contributed by atoms with Crippen LogP contribution < -0.4 is 13.7 Å². The number of hydrogen-bond acceptors (Lipinski definition) is 0. The third-order valence-electron chi connectivity index (χ3n) is 17.7. The van der Waals surface area contributed by atoms with E-state index in [1.807, 2.05) is 13.0 Å². The predicted octanol–water partition coefficient (Wildman–Crippen LogP) is 17.0. The number of pyridine rings is 3. The zero-order valence-electron chi connectivity index (χ0n) is 51.2. The van der Waals surface area contributed by atoms with Gasteiger partial charge in [0.25, 0.3) is 0 Å². The Balaban J connectivity index is 0.000000238. The van der Waals surface area contributed by atoms with E-state index >= 15 is 0 Å². The largest absolute Gasteiger partial charge is 0.212 e. The van der Waals surface area contributed by atoms with Crippen LogP contribution in [0, 0.1) is 48.4 Å². The summed E-state index contributed by atoms with van der Waals surface area (Å²) < 4.78 is 29.6. The molecule has 0 unspecified atom stereocenters. The summed E-state index contributed by atoms with van der Waals surface area (Å²) in [6.07, 6.45) is 16.3. The summed E-state index contributed by atoms with van der Waals surface area (Å²) in [5.74, 6) is 0. The Bertz CT molecular complexity index is 2810. The molecule has 0 atom stereocenters. The van der Waals surface area contributed by atoms with Crippen molar-refractivity contribution < 1.29 is 17.8 Å². The van der Waals surface area contributed by atoms with Crippen molar-refractivity contribution in [2.24, 2.45) is 21.1 Å². The first-order chi connectivity index (χ1) is 34.1. The maximum atomic E-state index is 7.59. The second-order valence-electron chi connectivity index (χ2n) is 22.1. The normalized spacial score (nSPS) is 12.8. The van der Waals surface area contributed by atoms with Crippen LogP contribution in [0.3, 0.4) is 0 Å². The van der Waals surface area contributed by atoms with E-state index < -0.39 is 6.85 Å². The number of hydrogen-bond donors (Lipinski definition) is 0. The molecule has 70 heavy (non-hydrogen) atoms. The number of rotatable bonds is 15. The smallest absolute Gasteiger partial charge is 0.201 e. The van der Waals surface area contributed by atoms with Gasteiger partial charge in [0.1, 0.15) is 21.1 Å². The molecule has 0 aliphatic carbocycles. The standard InChI is InChI=1S/C25H38N.2C21H30N/c1-9-24(6,10-2)21-17-23(20-16-14-13-15-19(20)5)26(8)18-22(21)25(7,11-3)12-4;2*1-8-21(6,9-2)19-14-22(7)20(13-17(19)5)18-11-10-15(3)12-16(18)4/h13-18H,9-12H2,1-8H3;2*10-14H,8-9H2,1-7H3/q3*+1/i;3D3;. The molecule has 0 aliphatic rings. The lowest BCUT2D eigenvalue weighted by Gasteiger charge is -2.36. The van der Waals surface area contributed by atoms with Crippen molar-refractivity contribution in [3.63, 3.8) is 0 Å². The van der Waals surface area contributed by atoms with Gasteiger partial charge in [0, 0.05) is 55.7 Å². The van der Waals surface area contributed by atoms with E-state index in [9.17, 15) is 0 Å². The number of aromatic nitrogens is 3. The fraction of sp³-hybridized carbons (Fsp3) is 0.507. The highest BCUT2D eigenvalue weighted by Gasteiger charge is 2.36. The van der Waals surface area contributed by atoms with Gasteiger partial charge < -0.3 is 0 Å². The van der Waals surface area contributed by atoms with E-state index in [1.54, 1.807) is 17.7 Å². The van der Waals surface area contributed by atoms with Gasteiger partial charge in [-0.1, -0.05) is 137 Å². The highest BCUT2D eigenvalue weighted by Crippen LogP contribution is 2.42. The molecule has 6 aromatic rings. The van der Waals surface area contributed by atoms with E-state index in [-0.39, 0.29) is 21.7 Å². The fourth-order valence-corrected chi connectivity index (χ4v) is 10.6. The molecule has 0 N–H and O–H groups in total. The van der Waals surface area contributed by atoms with Crippen molar-refractivity contribution >= 4 is 0 Å². The molecular formula is C67H98N3+3. The van der Waals surface area contributed by atoms with Crippen LogP contribution in [0.25, 0.3) is 33.8 Å². The molecule has 0 amide bonds. The zero-order valence-corrected chi connectivity index (χ0v) is 48.2. The van der Waals surface area contributed by atoms with Gasteiger partial charge >= 0.3 is 0 Å². The molecule has 0 radical (unpaired) electrons. The molecule has 378 valence electrons. The third-order valence-corrected chi connectivity index (χ3v) is 17.7. The van der Waals surface area contributed by atoms with E-state index in [4.69, 9.17) is 4.11 Å². The summed E-state index contributed by atoms with van der Waals surface area (Å²) in [6, 6.07) is 28.0. The third kappa shape index (κ3) is 12.4. The molecule has 6 rings (SSSR count). The first kappa shape index (κ1) is 52.9. The molecule has 0 saturated heterocycles. The first-order valence-corrected chi connectivity index (χ1v) is 26.9. The SMILES string of the molecule is CCC(C)(CC)c1c[n+](C)c(-c2ccc(C)cc2C)cc1C.CCC(C)(CC)c1cc(-c2ccccc2C)[n+](C)cc1C(C)(CC)CC.[2H]C([2H])([2H])c1ccc(-c2cc(C)c(C(C)(CC)CC)c[n+]2C)c(C)c1. The lowest BCUT2D eigenvalue weighted by Crippen LogP contribution is -2.38. The minimum absolute atomic E-state index is 0.181. The van der Waals surface area contributed by atoms with Gasteiger partial charge in [0.15, 0.2) is 18.6 Å². The van der Waals surface area contributed by atoms with Crippen LogP contribution >= 0.6 is 0 Å². The molecule has 3 heterocycles. The highest BCUT2D eigenvalue weighted by molar-refractivity contribution is 5.64. The number of benzene rings is 3. The summed E-state index contributed by atoms with van der Waals surface area (Å²) in [7, 11) is 6.44. The summed E-state index contributed by atoms with van der Waals surface area (Å²) in [5.41, 5.74) is 22.4. The van der Waals surface area contributed by atoms with Crippen LogP contribution in [0.4, 0.5) is 0 Å². The van der Waals surface area contributed by atoms with Gasteiger partial charge in [0.05, 0.1) is 0 Å². The quantitative estimate of drug-likeness (QED) is 0.0909. The maximum Gasteiger partial charge on any atom is 0.212 e. The average molecular weight is 949 g/mol. The summed E-state index contributed by atoms with van der Waals surface area (Å²) in [4.78, 5) is 0. The summed E-state index contributed by atoms with van der Waals surface area (Å²) in [6.45, 7) is 38.9. The Morgan fingerprint density at radius 3 is 1.07 bits per heavy atom. The first-order valence-electron chi connectivity index (χ1n) is 28.4. The Labute approximate surface area is 434 Å². The van der Waals surface area contributed by atoms with Crippen LogP contribution in [0.5, 0.6) is 0 Å². The maximum absolute atomic E-state index is 7.59. The molecule has 0 spiro atoms. The van der Waals surface area contributed by atoms with Crippen molar-refractivity contribution in [3.05, 3.63) is 159 Å². The molecule has 0 bridgehead atoms. The Hall–Kier alpha value is -4.89. The monoisotopic (exact) mass is 948 g/mol. The Kier molecular flexibility index (Phi) is 18.2. The number of nitrogens with zero attached hydrogens (tertiary/aromatic N) is 3. The number of aryl methyl sites for hydroxylation is 10. The molecule has 0 saturated carbocycles. The Morgan fingerprint density at radius 1 is 0.357 bits per heavy atom. The minimum atomic E-state index is -2.06. The van der Waals surface area contributed by atoms with Crippen LogP contribution in [-0.2, 0) is 42.8 Å². The van der Waals surface area contributed by atoms with E-state index in [2.05, 4.69) is 232 Å².